The Kier molecular flexibility index (Phi) is 12.1. The van der Waals surface area contributed by atoms with Crippen LogP contribution in [0.4, 0.5) is 4.39 Å². The van der Waals surface area contributed by atoms with Crippen molar-refractivity contribution in [1.82, 2.24) is 9.80 Å². The lowest BCUT2D eigenvalue weighted by Crippen LogP contribution is -2.48. The van der Waals surface area contributed by atoms with Crippen LogP contribution < -0.4 is 18.9 Å². The number of hydrogen-bond donors (Lipinski definition) is 0. The predicted molar refractivity (Wildman–Crippen MR) is 181 cm³/mol. The second-order valence-corrected chi connectivity index (χ2v) is 12.3. The lowest BCUT2D eigenvalue weighted by atomic mass is 9.88. The van der Waals surface area contributed by atoms with Gasteiger partial charge in [0.05, 0.1) is 56.7 Å². The molecule has 3 aromatic carbocycles. The minimum atomic E-state index is -0.557. The molecule has 0 bridgehead atoms. The van der Waals surface area contributed by atoms with E-state index < -0.39 is 11.9 Å². The molecule has 1 fully saturated rings. The summed E-state index contributed by atoms with van der Waals surface area (Å²) in [4.78, 5) is 18.2. The molecule has 3 aromatic rings. The largest absolute Gasteiger partial charge is 0.490 e. The van der Waals surface area contributed by atoms with Crippen molar-refractivity contribution in [3.63, 3.8) is 0 Å². The van der Waals surface area contributed by atoms with Gasteiger partial charge in [0.2, 0.25) is 5.91 Å². The first-order valence-corrected chi connectivity index (χ1v) is 17.1. The molecule has 2 heterocycles. The lowest BCUT2D eigenvalue weighted by molar-refractivity contribution is -0.137. The highest BCUT2D eigenvalue weighted by Gasteiger charge is 2.34. The predicted octanol–water partition coefficient (Wildman–Crippen LogP) is 7.47. The van der Waals surface area contributed by atoms with Gasteiger partial charge in [0.25, 0.3) is 0 Å². The van der Waals surface area contributed by atoms with Crippen LogP contribution in [-0.4, -0.2) is 74.9 Å². The molecule has 254 valence electrons. The summed E-state index contributed by atoms with van der Waals surface area (Å²) in [6.07, 6.45) is 0.763. The molecule has 2 aliphatic heterocycles. The summed E-state index contributed by atoms with van der Waals surface area (Å²) >= 11 is 12.3. The third kappa shape index (κ3) is 8.26. The fraction of sp³-hybridized carbons (Fsp3) is 0.472. The number of carbonyl (C=O) groups is 1. The molecular formula is C36H43Cl2FN2O6. The van der Waals surface area contributed by atoms with Gasteiger partial charge in [-0.05, 0) is 93.6 Å². The van der Waals surface area contributed by atoms with E-state index in [4.69, 9.17) is 46.9 Å². The molecule has 0 N–H and O–H groups in total. The molecule has 2 aliphatic rings. The molecular weight excluding hydrogens is 646 g/mol. The van der Waals surface area contributed by atoms with Crippen molar-refractivity contribution in [2.24, 2.45) is 0 Å². The first-order chi connectivity index (χ1) is 22.8. The zero-order valence-electron chi connectivity index (χ0n) is 27.5. The van der Waals surface area contributed by atoms with E-state index in [1.807, 2.05) is 61.8 Å². The Bertz CT molecular complexity index is 1560. The number of amides is 1. The van der Waals surface area contributed by atoms with Crippen molar-refractivity contribution in [2.75, 3.05) is 59.2 Å². The van der Waals surface area contributed by atoms with Gasteiger partial charge in [0.1, 0.15) is 5.82 Å². The summed E-state index contributed by atoms with van der Waals surface area (Å²) in [7, 11) is 0. The number of halogens is 3. The number of fused-ring (bicyclic) bond motifs is 1. The van der Waals surface area contributed by atoms with E-state index in [1.54, 1.807) is 0 Å². The quantitative estimate of drug-likeness (QED) is 0.173. The highest BCUT2D eigenvalue weighted by atomic mass is 35.5. The Balaban J connectivity index is 1.44. The maximum Gasteiger partial charge on any atom is 0.237 e. The molecule has 2 atom stereocenters. The van der Waals surface area contributed by atoms with Crippen molar-refractivity contribution < 1.29 is 32.9 Å². The van der Waals surface area contributed by atoms with Gasteiger partial charge in [-0.3, -0.25) is 9.69 Å². The van der Waals surface area contributed by atoms with Crippen molar-refractivity contribution in [1.29, 1.82) is 0 Å². The van der Waals surface area contributed by atoms with Gasteiger partial charge in [-0.2, -0.15) is 0 Å². The summed E-state index contributed by atoms with van der Waals surface area (Å²) in [5, 5.41) is 0.292. The van der Waals surface area contributed by atoms with Crippen molar-refractivity contribution in [3.8, 4) is 23.0 Å². The number of ether oxygens (including phenoxy) is 5. The van der Waals surface area contributed by atoms with Crippen LogP contribution in [-0.2, 0) is 22.4 Å². The number of carbonyl (C=O) groups excluding carboxylic acids is 1. The van der Waals surface area contributed by atoms with Gasteiger partial charge in [-0.25, -0.2) is 4.39 Å². The summed E-state index contributed by atoms with van der Waals surface area (Å²) in [6, 6.07) is 12.5. The van der Waals surface area contributed by atoms with E-state index in [-0.39, 0.29) is 23.5 Å². The molecule has 1 amide bonds. The monoisotopic (exact) mass is 688 g/mol. The zero-order chi connectivity index (χ0) is 33.5. The summed E-state index contributed by atoms with van der Waals surface area (Å²) in [5.74, 6) is 2.19. The molecule has 0 aromatic heterocycles. The molecule has 8 nitrogen and oxygen atoms in total. The Morgan fingerprint density at radius 1 is 0.830 bits per heavy atom. The minimum Gasteiger partial charge on any atom is -0.490 e. The number of benzene rings is 3. The summed E-state index contributed by atoms with van der Waals surface area (Å²) < 4.78 is 44.0. The van der Waals surface area contributed by atoms with Crippen LogP contribution in [0.3, 0.4) is 0 Å². The maximum atomic E-state index is 14.3. The van der Waals surface area contributed by atoms with Crippen LogP contribution in [0.15, 0.2) is 42.5 Å². The van der Waals surface area contributed by atoms with E-state index in [1.165, 1.54) is 12.1 Å². The van der Waals surface area contributed by atoms with Gasteiger partial charge in [0, 0.05) is 30.2 Å². The summed E-state index contributed by atoms with van der Waals surface area (Å²) in [6.45, 7) is 11.9. The SMILES string of the molecule is CCOc1ccc(CC2c3cc(OCC)c(OCC)cc3CCN2C(=O)CN2CCOC(c3cc(F)c(Cl)cc3Cl)C2)cc1OCC. The van der Waals surface area contributed by atoms with Crippen LogP contribution in [0.25, 0.3) is 0 Å². The van der Waals surface area contributed by atoms with E-state index in [0.29, 0.717) is 99.1 Å². The highest BCUT2D eigenvalue weighted by Crippen LogP contribution is 2.41. The molecule has 2 unspecified atom stereocenters. The third-order valence-electron chi connectivity index (χ3n) is 8.42. The van der Waals surface area contributed by atoms with E-state index in [2.05, 4.69) is 6.07 Å². The van der Waals surface area contributed by atoms with Gasteiger partial charge in [-0.15, -0.1) is 0 Å². The Morgan fingerprint density at radius 2 is 1.49 bits per heavy atom. The maximum absolute atomic E-state index is 14.3. The zero-order valence-corrected chi connectivity index (χ0v) is 29.0. The van der Waals surface area contributed by atoms with Gasteiger partial charge in [0.15, 0.2) is 23.0 Å². The Hall–Kier alpha value is -3.24. The third-order valence-corrected chi connectivity index (χ3v) is 9.03. The van der Waals surface area contributed by atoms with Crippen LogP contribution in [0, 0.1) is 5.82 Å². The number of hydrogen-bond acceptors (Lipinski definition) is 7. The van der Waals surface area contributed by atoms with Crippen LogP contribution in [0.5, 0.6) is 23.0 Å². The molecule has 47 heavy (non-hydrogen) atoms. The van der Waals surface area contributed by atoms with Crippen LogP contribution >= 0.6 is 23.2 Å². The standard InChI is InChI=1S/C36H43Cl2FN2O6/c1-5-43-31-10-9-23(16-32(31)44-6-2)15-30-25-19-34(46-8-4)33(45-7-3)17-24(25)11-12-41(30)36(42)22-40-13-14-47-35(21-40)26-18-29(39)28(38)20-27(26)37/h9-10,16-20,30,35H,5-8,11-15,21-22H2,1-4H3. The molecule has 5 rings (SSSR count). The fourth-order valence-electron chi connectivity index (χ4n) is 6.31. The van der Waals surface area contributed by atoms with E-state index >= 15 is 0 Å². The smallest absolute Gasteiger partial charge is 0.237 e. The molecule has 0 spiro atoms. The average Bonchev–Trinajstić information content (AvgIpc) is 3.05. The average molecular weight is 690 g/mol. The van der Waals surface area contributed by atoms with Crippen LogP contribution in [0.2, 0.25) is 10.0 Å². The number of nitrogens with zero attached hydrogens (tertiary/aromatic N) is 2. The van der Waals surface area contributed by atoms with Gasteiger partial charge < -0.3 is 28.6 Å². The first kappa shape index (κ1) is 35.1. The minimum absolute atomic E-state index is 0.00232. The molecule has 11 heteroatoms. The normalized spacial score (nSPS) is 18.1. The van der Waals surface area contributed by atoms with E-state index in [0.717, 1.165) is 16.7 Å². The second-order valence-electron chi connectivity index (χ2n) is 11.5. The van der Waals surface area contributed by atoms with E-state index in [9.17, 15) is 9.18 Å². The Labute approximate surface area is 286 Å². The lowest BCUT2D eigenvalue weighted by Gasteiger charge is -2.40. The molecule has 1 saturated heterocycles. The number of rotatable bonds is 13. The topological polar surface area (TPSA) is 69.7 Å². The van der Waals surface area contributed by atoms with Crippen molar-refractivity contribution >= 4 is 29.1 Å². The first-order valence-electron chi connectivity index (χ1n) is 16.3. The van der Waals surface area contributed by atoms with Gasteiger partial charge in [-0.1, -0.05) is 29.3 Å². The molecule has 0 saturated carbocycles. The molecule has 0 aliphatic carbocycles. The second kappa shape index (κ2) is 16.2. The fourth-order valence-corrected chi connectivity index (χ4v) is 6.82. The Morgan fingerprint density at radius 3 is 2.19 bits per heavy atom. The number of morpholine rings is 1. The summed E-state index contributed by atoms with van der Waals surface area (Å²) in [5.41, 5.74) is 3.70. The van der Waals surface area contributed by atoms with Crippen LogP contribution in [0.1, 0.15) is 62.1 Å². The molecule has 0 radical (unpaired) electrons. The van der Waals surface area contributed by atoms with Crippen molar-refractivity contribution in [2.45, 2.75) is 52.7 Å². The highest BCUT2D eigenvalue weighted by molar-refractivity contribution is 6.35. The van der Waals surface area contributed by atoms with Crippen molar-refractivity contribution in [3.05, 3.63) is 80.6 Å². The van der Waals surface area contributed by atoms with Gasteiger partial charge >= 0.3 is 0 Å².